The first kappa shape index (κ1) is 26.7. The van der Waals surface area contributed by atoms with Crippen molar-refractivity contribution in [2.75, 3.05) is 25.0 Å². The average Bonchev–Trinajstić information content (AvgIpc) is 3.40. The number of hydrogen-bond donors (Lipinski definition) is 2. The smallest absolute Gasteiger partial charge is 0.328 e. The van der Waals surface area contributed by atoms with Gasteiger partial charge >= 0.3 is 5.97 Å². The first-order valence-electron chi connectivity index (χ1n) is 12.2. The highest BCUT2D eigenvalue weighted by atomic mass is 32.1. The maximum absolute atomic E-state index is 13.4. The number of ether oxygens (including phenoxy) is 1. The number of aromatic nitrogens is 1. The molecule has 2 N–H and O–H groups in total. The summed E-state index contributed by atoms with van der Waals surface area (Å²) >= 11 is 6.97. The number of para-hydroxylation sites is 1. The summed E-state index contributed by atoms with van der Waals surface area (Å²) in [6.07, 6.45) is 1.69. The number of likely N-dealkylation sites (tertiary alicyclic amines) is 1. The molecule has 1 atom stereocenters. The molecular weight excluding hydrogens is 511 g/mol. The molecule has 3 aromatic rings. The fraction of sp³-hybridized carbons (Fsp3) is 0.333. The maximum atomic E-state index is 13.4. The minimum atomic E-state index is -0.501. The summed E-state index contributed by atoms with van der Waals surface area (Å²) in [6, 6.07) is 13.1. The van der Waals surface area contributed by atoms with E-state index >= 15 is 0 Å². The summed E-state index contributed by atoms with van der Waals surface area (Å²) in [5.74, 6) is -0.684. The summed E-state index contributed by atoms with van der Waals surface area (Å²) in [5, 5.41) is 9.25. The van der Waals surface area contributed by atoms with Crippen LogP contribution in [0.4, 0.5) is 10.1 Å². The van der Waals surface area contributed by atoms with E-state index in [1.165, 1.54) is 23.5 Å². The lowest BCUT2D eigenvalue weighted by atomic mass is 9.98. The van der Waals surface area contributed by atoms with Gasteiger partial charge in [0.25, 0.3) is 5.91 Å². The molecule has 0 aliphatic carbocycles. The summed E-state index contributed by atoms with van der Waals surface area (Å²) in [7, 11) is 0. The molecule has 37 heavy (non-hydrogen) atoms. The van der Waals surface area contributed by atoms with Crippen LogP contribution in [0.25, 0.3) is 11.1 Å². The Hall–Kier alpha value is -3.37. The average molecular weight is 541 g/mol. The lowest BCUT2D eigenvalue weighted by molar-refractivity contribution is -0.144. The zero-order valence-corrected chi connectivity index (χ0v) is 22.3. The molecular formula is C27H29FN4O3S2. The molecule has 4 rings (SSSR count). The number of thiocarbonyl (C=S) groups is 1. The predicted octanol–water partition coefficient (Wildman–Crippen LogP) is 5.21. The van der Waals surface area contributed by atoms with Gasteiger partial charge in [0.15, 0.2) is 5.11 Å². The fourth-order valence-corrected chi connectivity index (χ4v) is 5.50. The zero-order chi connectivity index (χ0) is 26.4. The van der Waals surface area contributed by atoms with Gasteiger partial charge in [0.05, 0.1) is 11.6 Å². The van der Waals surface area contributed by atoms with E-state index in [0.29, 0.717) is 23.1 Å². The van der Waals surface area contributed by atoms with E-state index in [1.807, 2.05) is 24.3 Å². The van der Waals surface area contributed by atoms with Gasteiger partial charge in [0.1, 0.15) is 17.6 Å². The lowest BCUT2D eigenvalue weighted by Crippen LogP contribution is -2.49. The van der Waals surface area contributed by atoms with Gasteiger partial charge in [-0.05, 0) is 62.7 Å². The van der Waals surface area contributed by atoms with Gasteiger partial charge in [-0.2, -0.15) is 0 Å². The lowest BCUT2D eigenvalue weighted by Gasteiger charge is -2.33. The van der Waals surface area contributed by atoms with Crippen molar-refractivity contribution in [1.29, 1.82) is 0 Å². The summed E-state index contributed by atoms with van der Waals surface area (Å²) in [4.78, 5) is 31.5. The minimum absolute atomic E-state index is 0.236. The number of thiazole rings is 1. The molecule has 1 unspecified atom stereocenters. The van der Waals surface area contributed by atoms with Crippen LogP contribution in [0.2, 0.25) is 0 Å². The Labute approximate surface area is 225 Å². The minimum Gasteiger partial charge on any atom is -0.464 e. The highest BCUT2D eigenvalue weighted by Gasteiger charge is 2.26. The van der Waals surface area contributed by atoms with Crippen molar-refractivity contribution in [3.05, 3.63) is 70.4 Å². The molecule has 1 aromatic heterocycles. The number of nitrogens with zero attached hydrogens (tertiary/aromatic N) is 2. The van der Waals surface area contributed by atoms with Crippen LogP contribution in [-0.4, -0.2) is 52.6 Å². The third-order valence-corrected chi connectivity index (χ3v) is 7.58. The van der Waals surface area contributed by atoms with Crippen LogP contribution < -0.4 is 10.6 Å². The number of halogens is 1. The first-order valence-corrected chi connectivity index (χ1v) is 13.5. The van der Waals surface area contributed by atoms with Crippen molar-refractivity contribution >= 4 is 46.2 Å². The van der Waals surface area contributed by atoms with Crippen LogP contribution in [0.3, 0.4) is 0 Å². The predicted molar refractivity (Wildman–Crippen MR) is 147 cm³/mol. The number of amides is 1. The molecule has 7 nitrogen and oxygen atoms in total. The number of piperidine rings is 1. The van der Waals surface area contributed by atoms with Gasteiger partial charge in [0.2, 0.25) is 0 Å². The molecule has 2 heterocycles. The molecule has 1 aliphatic heterocycles. The summed E-state index contributed by atoms with van der Waals surface area (Å²) in [6.45, 7) is 5.31. The molecule has 0 spiro atoms. The third-order valence-electron chi connectivity index (χ3n) is 6.20. The number of carbonyl (C=O) groups is 2. The van der Waals surface area contributed by atoms with Crippen molar-refractivity contribution in [3.8, 4) is 11.1 Å². The van der Waals surface area contributed by atoms with Crippen LogP contribution in [-0.2, 0) is 9.53 Å². The van der Waals surface area contributed by atoms with Crippen molar-refractivity contribution in [1.82, 2.24) is 15.2 Å². The van der Waals surface area contributed by atoms with E-state index < -0.39 is 6.04 Å². The number of hydrogen-bond acceptors (Lipinski definition) is 6. The monoisotopic (exact) mass is 540 g/mol. The van der Waals surface area contributed by atoms with Crippen LogP contribution in [0.1, 0.15) is 48.1 Å². The molecule has 1 saturated heterocycles. The SMILES string of the molecule is CCOC(=O)C(C)NC(=S)N1CCC(c2nc(C(=O)Nc3ccccc3-c3ccc(F)cc3)cs2)CC1. The third kappa shape index (κ3) is 6.69. The second-order valence-electron chi connectivity index (χ2n) is 8.76. The number of benzene rings is 2. The van der Waals surface area contributed by atoms with Gasteiger partial charge in [-0.1, -0.05) is 30.3 Å². The molecule has 1 fully saturated rings. The number of anilines is 1. The van der Waals surface area contributed by atoms with E-state index in [0.717, 1.165) is 42.1 Å². The van der Waals surface area contributed by atoms with Crippen LogP contribution >= 0.6 is 23.6 Å². The quantitative estimate of drug-likeness (QED) is 0.315. The molecule has 0 bridgehead atoms. The molecule has 1 aliphatic rings. The van der Waals surface area contributed by atoms with Crippen LogP contribution in [0.5, 0.6) is 0 Å². The highest BCUT2D eigenvalue weighted by Crippen LogP contribution is 2.32. The van der Waals surface area contributed by atoms with Crippen molar-refractivity contribution in [3.63, 3.8) is 0 Å². The zero-order valence-electron chi connectivity index (χ0n) is 20.7. The number of carbonyl (C=O) groups excluding carboxylic acids is 2. The Morgan fingerprint density at radius 3 is 2.59 bits per heavy atom. The van der Waals surface area contributed by atoms with Gasteiger partial charge in [-0.15, -0.1) is 11.3 Å². The molecule has 2 aromatic carbocycles. The Morgan fingerprint density at radius 2 is 1.89 bits per heavy atom. The Kier molecular flexibility index (Phi) is 8.83. The van der Waals surface area contributed by atoms with Gasteiger partial charge < -0.3 is 20.3 Å². The second-order valence-corrected chi connectivity index (χ2v) is 10.0. The van der Waals surface area contributed by atoms with Crippen LogP contribution in [0.15, 0.2) is 53.9 Å². The number of nitrogens with one attached hydrogen (secondary N) is 2. The van der Waals surface area contributed by atoms with E-state index in [2.05, 4.69) is 20.5 Å². The number of rotatable bonds is 7. The van der Waals surface area contributed by atoms with Crippen molar-refractivity contribution in [2.45, 2.75) is 38.6 Å². The molecule has 0 radical (unpaired) electrons. The topological polar surface area (TPSA) is 83.6 Å². The van der Waals surface area contributed by atoms with Crippen molar-refractivity contribution in [2.24, 2.45) is 0 Å². The Balaban J connectivity index is 1.34. The van der Waals surface area contributed by atoms with E-state index in [4.69, 9.17) is 17.0 Å². The molecule has 194 valence electrons. The van der Waals surface area contributed by atoms with E-state index in [9.17, 15) is 14.0 Å². The Bertz CT molecular complexity index is 1260. The first-order chi connectivity index (χ1) is 17.9. The van der Waals surface area contributed by atoms with Crippen molar-refractivity contribution < 1.29 is 18.7 Å². The van der Waals surface area contributed by atoms with Gasteiger partial charge in [0, 0.05) is 35.6 Å². The summed E-state index contributed by atoms with van der Waals surface area (Å²) in [5.41, 5.74) is 2.63. The number of esters is 1. The van der Waals surface area contributed by atoms with Crippen LogP contribution in [0, 0.1) is 5.82 Å². The standard InChI is InChI=1S/C27H29FN4O3S2/c1-3-35-26(34)17(2)29-27(36)32-14-12-19(13-15-32)25-31-23(16-37-25)24(33)30-22-7-5-4-6-21(22)18-8-10-20(28)11-9-18/h4-11,16-17,19H,3,12-15H2,1-2H3,(H,29,36)(H,30,33). The highest BCUT2D eigenvalue weighted by molar-refractivity contribution is 7.80. The van der Waals surface area contributed by atoms with Gasteiger partial charge in [-0.3, -0.25) is 4.79 Å². The normalized spacial score (nSPS) is 14.6. The van der Waals surface area contributed by atoms with E-state index in [-0.39, 0.29) is 23.6 Å². The molecule has 10 heteroatoms. The molecule has 0 saturated carbocycles. The van der Waals surface area contributed by atoms with Gasteiger partial charge in [-0.25, -0.2) is 14.2 Å². The van der Waals surface area contributed by atoms with E-state index in [1.54, 1.807) is 31.4 Å². The summed E-state index contributed by atoms with van der Waals surface area (Å²) < 4.78 is 18.4. The Morgan fingerprint density at radius 1 is 1.19 bits per heavy atom. The molecule has 1 amide bonds. The second kappa shape index (κ2) is 12.2. The maximum Gasteiger partial charge on any atom is 0.328 e. The largest absolute Gasteiger partial charge is 0.464 e. The fourth-order valence-electron chi connectivity index (χ4n) is 4.17.